The van der Waals surface area contributed by atoms with Crippen molar-refractivity contribution in [3.63, 3.8) is 0 Å². The van der Waals surface area contributed by atoms with Gasteiger partial charge in [0.05, 0.1) is 19.2 Å². The second-order valence-electron chi connectivity index (χ2n) is 3.34. The van der Waals surface area contributed by atoms with Crippen LogP contribution in [-0.4, -0.2) is 23.7 Å². The summed E-state index contributed by atoms with van der Waals surface area (Å²) in [4.78, 5) is 11.7. The summed E-state index contributed by atoms with van der Waals surface area (Å²) in [5.74, 6) is -0.114. The lowest BCUT2D eigenvalue weighted by Crippen LogP contribution is -2.26. The normalized spacial score (nSPS) is 12.5. The van der Waals surface area contributed by atoms with E-state index < -0.39 is 0 Å². The summed E-state index contributed by atoms with van der Waals surface area (Å²) in [5.41, 5.74) is 0.628. The quantitative estimate of drug-likeness (QED) is 0.836. The molecule has 2 N–H and O–H groups in total. The fraction of sp³-hybridized carbons (Fsp3) is 0.500. The van der Waals surface area contributed by atoms with E-state index in [0.29, 0.717) is 24.9 Å². The minimum absolute atomic E-state index is 0.114. The molecule has 6 heteroatoms. The molecule has 1 amide bonds. The summed E-state index contributed by atoms with van der Waals surface area (Å²) in [6, 6.07) is 1.78. The van der Waals surface area contributed by atoms with Gasteiger partial charge in [-0.25, -0.2) is 0 Å². The van der Waals surface area contributed by atoms with Gasteiger partial charge in [-0.3, -0.25) is 4.79 Å². The third kappa shape index (κ3) is 4.16. The van der Waals surface area contributed by atoms with Gasteiger partial charge in [-0.15, -0.1) is 11.3 Å². The molecule has 0 aliphatic heterocycles. The van der Waals surface area contributed by atoms with Crippen LogP contribution in [0.25, 0.3) is 0 Å². The van der Waals surface area contributed by atoms with Gasteiger partial charge in [0.2, 0.25) is 0 Å². The van der Waals surface area contributed by atoms with Crippen molar-refractivity contribution in [2.24, 2.45) is 0 Å². The SMILES string of the molecule is CCC(O)CCNC(=O)c1cc(Br)sc1Br. The summed E-state index contributed by atoms with van der Waals surface area (Å²) in [6.45, 7) is 2.41. The molecule has 0 bridgehead atoms. The molecule has 0 saturated heterocycles. The lowest BCUT2D eigenvalue weighted by Gasteiger charge is -2.08. The van der Waals surface area contributed by atoms with Crippen LogP contribution in [0.3, 0.4) is 0 Å². The largest absolute Gasteiger partial charge is 0.393 e. The van der Waals surface area contributed by atoms with Crippen molar-refractivity contribution >= 4 is 49.1 Å². The fourth-order valence-electron chi connectivity index (χ4n) is 1.15. The Balaban J connectivity index is 2.44. The van der Waals surface area contributed by atoms with Crippen LogP contribution < -0.4 is 5.32 Å². The second-order valence-corrected chi connectivity index (χ2v) is 7.09. The Labute approximate surface area is 116 Å². The van der Waals surface area contributed by atoms with Crippen molar-refractivity contribution in [2.75, 3.05) is 6.54 Å². The first-order valence-corrected chi connectivity index (χ1v) is 7.36. The Kier molecular flexibility index (Phi) is 5.96. The number of hydrogen-bond acceptors (Lipinski definition) is 3. The number of carbonyl (C=O) groups is 1. The summed E-state index contributed by atoms with van der Waals surface area (Å²) in [7, 11) is 0. The Bertz CT molecular complexity index is 368. The maximum Gasteiger partial charge on any atom is 0.253 e. The molecule has 1 heterocycles. The first-order chi connectivity index (χ1) is 7.54. The van der Waals surface area contributed by atoms with Gasteiger partial charge in [0.25, 0.3) is 5.91 Å². The van der Waals surface area contributed by atoms with E-state index >= 15 is 0 Å². The number of nitrogens with one attached hydrogen (secondary N) is 1. The molecule has 0 spiro atoms. The minimum atomic E-state index is -0.335. The third-order valence-corrected chi connectivity index (χ3v) is 4.47. The van der Waals surface area contributed by atoms with E-state index in [2.05, 4.69) is 37.2 Å². The van der Waals surface area contributed by atoms with Crippen molar-refractivity contribution in [1.29, 1.82) is 0 Å². The van der Waals surface area contributed by atoms with Gasteiger partial charge in [-0.1, -0.05) is 6.92 Å². The zero-order chi connectivity index (χ0) is 12.1. The van der Waals surface area contributed by atoms with Gasteiger partial charge < -0.3 is 10.4 Å². The molecule has 1 aromatic heterocycles. The van der Waals surface area contributed by atoms with Crippen molar-refractivity contribution in [2.45, 2.75) is 25.9 Å². The molecular formula is C10H13Br2NO2S. The van der Waals surface area contributed by atoms with Crippen molar-refractivity contribution in [3.05, 3.63) is 19.2 Å². The molecule has 1 atom stereocenters. The molecule has 1 aromatic rings. The average Bonchev–Trinajstić information content (AvgIpc) is 2.57. The van der Waals surface area contributed by atoms with Crippen LogP contribution in [0, 0.1) is 0 Å². The summed E-state index contributed by atoms with van der Waals surface area (Å²) < 4.78 is 1.73. The molecule has 1 rings (SSSR count). The van der Waals surface area contributed by atoms with Crippen molar-refractivity contribution in [1.82, 2.24) is 5.32 Å². The number of thiophene rings is 1. The maximum atomic E-state index is 11.7. The third-order valence-electron chi connectivity index (χ3n) is 2.14. The molecule has 90 valence electrons. The lowest BCUT2D eigenvalue weighted by molar-refractivity contribution is 0.0941. The minimum Gasteiger partial charge on any atom is -0.393 e. The molecule has 16 heavy (non-hydrogen) atoms. The van der Waals surface area contributed by atoms with Crippen molar-refractivity contribution < 1.29 is 9.90 Å². The van der Waals surface area contributed by atoms with Crippen LogP contribution in [0.15, 0.2) is 13.6 Å². The fourth-order valence-corrected chi connectivity index (χ4v) is 3.94. The Hall–Kier alpha value is 0.0900. The van der Waals surface area contributed by atoms with Crippen LogP contribution in [0.5, 0.6) is 0 Å². The van der Waals surface area contributed by atoms with Crippen LogP contribution in [0.1, 0.15) is 30.1 Å². The predicted octanol–water partition coefficient (Wildman–Crippen LogP) is 3.16. The van der Waals surface area contributed by atoms with Gasteiger partial charge in [0.1, 0.15) is 0 Å². The van der Waals surface area contributed by atoms with E-state index in [1.165, 1.54) is 11.3 Å². The summed E-state index contributed by atoms with van der Waals surface area (Å²) >= 11 is 8.12. The Morgan fingerprint density at radius 3 is 2.81 bits per heavy atom. The molecular weight excluding hydrogens is 358 g/mol. The first-order valence-electron chi connectivity index (χ1n) is 4.95. The van der Waals surface area contributed by atoms with E-state index in [-0.39, 0.29) is 12.0 Å². The molecule has 0 aromatic carbocycles. The van der Waals surface area contributed by atoms with Gasteiger partial charge >= 0.3 is 0 Å². The zero-order valence-corrected chi connectivity index (χ0v) is 12.8. The number of carbonyl (C=O) groups excluding carboxylic acids is 1. The van der Waals surface area contributed by atoms with Crippen LogP contribution in [0.2, 0.25) is 0 Å². The molecule has 3 nitrogen and oxygen atoms in total. The smallest absolute Gasteiger partial charge is 0.253 e. The zero-order valence-electron chi connectivity index (χ0n) is 8.80. The molecule has 0 saturated carbocycles. The number of hydrogen-bond donors (Lipinski definition) is 2. The number of amides is 1. The predicted molar refractivity (Wildman–Crippen MR) is 73.0 cm³/mol. The van der Waals surface area contributed by atoms with E-state index in [4.69, 9.17) is 0 Å². The number of halogens is 2. The van der Waals surface area contributed by atoms with E-state index in [0.717, 1.165) is 7.57 Å². The van der Waals surface area contributed by atoms with Crippen molar-refractivity contribution in [3.8, 4) is 0 Å². The average molecular weight is 371 g/mol. The van der Waals surface area contributed by atoms with Gasteiger partial charge in [0.15, 0.2) is 0 Å². The van der Waals surface area contributed by atoms with E-state index in [1.54, 1.807) is 6.07 Å². The Morgan fingerprint density at radius 2 is 2.31 bits per heavy atom. The molecule has 1 unspecified atom stereocenters. The van der Waals surface area contributed by atoms with E-state index in [9.17, 15) is 9.90 Å². The monoisotopic (exact) mass is 369 g/mol. The standard InChI is InChI=1S/C10H13Br2NO2S/c1-2-6(14)3-4-13-10(15)7-5-8(11)16-9(7)12/h5-6,14H,2-4H2,1H3,(H,13,15). The van der Waals surface area contributed by atoms with E-state index in [1.807, 2.05) is 6.92 Å². The highest BCUT2D eigenvalue weighted by atomic mass is 79.9. The highest BCUT2D eigenvalue weighted by Gasteiger charge is 2.13. The van der Waals surface area contributed by atoms with Gasteiger partial charge in [-0.2, -0.15) is 0 Å². The number of rotatable bonds is 5. The number of aliphatic hydroxyl groups is 1. The van der Waals surface area contributed by atoms with Gasteiger partial charge in [0, 0.05) is 6.54 Å². The van der Waals surface area contributed by atoms with Crippen LogP contribution >= 0.6 is 43.2 Å². The lowest BCUT2D eigenvalue weighted by atomic mass is 10.2. The summed E-state index contributed by atoms with van der Waals surface area (Å²) in [5, 5.41) is 12.1. The Morgan fingerprint density at radius 1 is 1.62 bits per heavy atom. The number of aliphatic hydroxyl groups excluding tert-OH is 1. The maximum absolute atomic E-state index is 11.7. The highest BCUT2D eigenvalue weighted by molar-refractivity contribution is 9.12. The topological polar surface area (TPSA) is 49.3 Å². The molecule has 0 aliphatic rings. The van der Waals surface area contributed by atoms with Crippen LogP contribution in [0.4, 0.5) is 0 Å². The van der Waals surface area contributed by atoms with Crippen LogP contribution in [-0.2, 0) is 0 Å². The second kappa shape index (κ2) is 6.74. The van der Waals surface area contributed by atoms with Gasteiger partial charge in [-0.05, 0) is 50.8 Å². The summed E-state index contributed by atoms with van der Waals surface area (Å²) in [6.07, 6.45) is 0.965. The molecule has 0 fully saturated rings. The highest BCUT2D eigenvalue weighted by Crippen LogP contribution is 2.31. The molecule has 0 radical (unpaired) electrons. The first kappa shape index (κ1) is 14.2. The molecule has 0 aliphatic carbocycles.